The van der Waals surface area contributed by atoms with Gasteiger partial charge in [-0.05, 0) is 57.0 Å². The van der Waals surface area contributed by atoms with Crippen LogP contribution < -0.4 is 10.0 Å². The van der Waals surface area contributed by atoms with Gasteiger partial charge in [0.2, 0.25) is 10.0 Å². The number of sulfonamides is 1. The van der Waals surface area contributed by atoms with E-state index in [1.165, 1.54) is 42.7 Å². The Morgan fingerprint density at radius 3 is 2.84 bits per heavy atom. The molecule has 1 aromatic carbocycles. The van der Waals surface area contributed by atoms with Crippen LogP contribution in [0.25, 0.3) is 0 Å². The number of aromatic nitrogens is 1. The van der Waals surface area contributed by atoms with E-state index < -0.39 is 10.0 Å². The second-order valence-corrected chi connectivity index (χ2v) is 10.6. The molecule has 0 aliphatic carbocycles. The molecule has 1 amide bonds. The van der Waals surface area contributed by atoms with E-state index in [1.807, 2.05) is 5.38 Å². The number of hydrogen-bond acceptors (Lipinski definition) is 7. The highest BCUT2D eigenvalue weighted by molar-refractivity contribution is 7.89. The zero-order valence-electron chi connectivity index (χ0n) is 17.4. The van der Waals surface area contributed by atoms with Gasteiger partial charge in [-0.15, -0.1) is 11.3 Å². The predicted molar refractivity (Wildman–Crippen MR) is 120 cm³/mol. The number of carbonyl (C=O) groups excluding carboxylic acids is 1. The lowest BCUT2D eigenvalue weighted by atomic mass is 10.1. The summed E-state index contributed by atoms with van der Waals surface area (Å²) in [5.41, 5.74) is 1.21. The van der Waals surface area contributed by atoms with Gasteiger partial charge in [0.25, 0.3) is 5.91 Å². The highest BCUT2D eigenvalue weighted by Gasteiger charge is 2.21. The van der Waals surface area contributed by atoms with Crippen LogP contribution in [0.3, 0.4) is 0 Å². The molecule has 0 spiro atoms. The third kappa shape index (κ3) is 6.11. The largest absolute Gasteiger partial charge is 0.377 e. The topological polar surface area (TPSA) is 101 Å². The van der Waals surface area contributed by atoms with Crippen molar-refractivity contribution in [3.05, 3.63) is 40.9 Å². The SMILES string of the molecule is O=C(Nc1nc(CN2CCCCC2)cs1)c1cccc(S(=O)(=O)NCC2CCCO2)c1. The number of amides is 1. The molecule has 1 unspecified atom stereocenters. The molecule has 2 saturated heterocycles. The Labute approximate surface area is 187 Å². The molecule has 2 aliphatic heterocycles. The minimum atomic E-state index is -3.72. The van der Waals surface area contributed by atoms with E-state index in [2.05, 4.69) is 19.9 Å². The van der Waals surface area contributed by atoms with Gasteiger partial charge >= 0.3 is 0 Å². The lowest BCUT2D eigenvalue weighted by Gasteiger charge is -2.25. The molecule has 0 bridgehead atoms. The van der Waals surface area contributed by atoms with E-state index in [1.54, 1.807) is 12.1 Å². The molecular weight excluding hydrogens is 436 g/mol. The van der Waals surface area contributed by atoms with Gasteiger partial charge in [-0.1, -0.05) is 12.5 Å². The van der Waals surface area contributed by atoms with Crippen molar-refractivity contribution in [1.29, 1.82) is 0 Å². The first-order valence-electron chi connectivity index (χ1n) is 10.7. The summed E-state index contributed by atoms with van der Waals surface area (Å²) in [5.74, 6) is -0.380. The zero-order chi connectivity index (χ0) is 21.7. The van der Waals surface area contributed by atoms with Gasteiger partial charge in [-0.25, -0.2) is 18.1 Å². The molecule has 2 aromatic rings. The number of carbonyl (C=O) groups is 1. The summed E-state index contributed by atoms with van der Waals surface area (Å²) in [6.45, 7) is 3.86. The normalized spacial score (nSPS) is 20.1. The number of likely N-dealkylation sites (tertiary alicyclic amines) is 1. The molecule has 1 aromatic heterocycles. The van der Waals surface area contributed by atoms with Crippen LogP contribution in [0.1, 0.15) is 48.2 Å². The number of anilines is 1. The molecule has 31 heavy (non-hydrogen) atoms. The fraction of sp³-hybridized carbons (Fsp3) is 0.524. The average molecular weight is 465 g/mol. The Morgan fingerprint density at radius 1 is 1.23 bits per heavy atom. The number of piperidine rings is 1. The van der Waals surface area contributed by atoms with Gasteiger partial charge in [-0.2, -0.15) is 0 Å². The maximum absolute atomic E-state index is 12.7. The smallest absolute Gasteiger partial charge is 0.257 e. The number of nitrogens with zero attached hydrogens (tertiary/aromatic N) is 2. The van der Waals surface area contributed by atoms with Crippen molar-refractivity contribution in [2.75, 3.05) is 31.6 Å². The molecule has 10 heteroatoms. The van der Waals surface area contributed by atoms with E-state index in [0.717, 1.165) is 38.2 Å². The maximum atomic E-state index is 12.7. The molecule has 0 saturated carbocycles. The van der Waals surface area contributed by atoms with Crippen molar-refractivity contribution < 1.29 is 17.9 Å². The second kappa shape index (κ2) is 10.2. The van der Waals surface area contributed by atoms with Crippen LogP contribution in [-0.4, -0.2) is 56.6 Å². The highest BCUT2D eigenvalue weighted by Crippen LogP contribution is 2.20. The van der Waals surface area contributed by atoms with Crippen LogP contribution in [0.4, 0.5) is 5.13 Å². The van der Waals surface area contributed by atoms with Crippen molar-refractivity contribution in [3.63, 3.8) is 0 Å². The fourth-order valence-corrected chi connectivity index (χ4v) is 5.66. The van der Waals surface area contributed by atoms with E-state index in [4.69, 9.17) is 4.74 Å². The summed E-state index contributed by atoms with van der Waals surface area (Å²) in [6, 6.07) is 6.03. The average Bonchev–Trinajstić information content (AvgIpc) is 3.45. The monoisotopic (exact) mass is 464 g/mol. The third-order valence-corrected chi connectivity index (χ3v) is 7.77. The van der Waals surface area contributed by atoms with Gasteiger partial charge in [0.15, 0.2) is 5.13 Å². The molecule has 0 radical (unpaired) electrons. The summed E-state index contributed by atoms with van der Waals surface area (Å²) in [6.07, 6.45) is 5.42. The van der Waals surface area contributed by atoms with E-state index in [0.29, 0.717) is 11.7 Å². The van der Waals surface area contributed by atoms with Gasteiger partial charge < -0.3 is 4.74 Å². The number of ether oxygens (including phenoxy) is 1. The van der Waals surface area contributed by atoms with Crippen LogP contribution in [0.5, 0.6) is 0 Å². The summed E-state index contributed by atoms with van der Waals surface area (Å²) < 4.78 is 33.2. The first-order valence-corrected chi connectivity index (χ1v) is 13.1. The molecule has 168 valence electrons. The van der Waals surface area contributed by atoms with Gasteiger partial charge in [0.1, 0.15) is 0 Å². The van der Waals surface area contributed by atoms with E-state index in [9.17, 15) is 13.2 Å². The second-order valence-electron chi connectivity index (χ2n) is 7.95. The first kappa shape index (κ1) is 22.3. The number of rotatable bonds is 8. The molecule has 3 heterocycles. The van der Waals surface area contributed by atoms with E-state index in [-0.39, 0.29) is 29.0 Å². The molecule has 2 N–H and O–H groups in total. The van der Waals surface area contributed by atoms with Crippen molar-refractivity contribution in [2.24, 2.45) is 0 Å². The van der Waals surface area contributed by atoms with Crippen LogP contribution in [-0.2, 0) is 21.3 Å². The lowest BCUT2D eigenvalue weighted by Crippen LogP contribution is -2.32. The van der Waals surface area contributed by atoms with E-state index >= 15 is 0 Å². The van der Waals surface area contributed by atoms with Crippen LogP contribution in [0, 0.1) is 0 Å². The van der Waals surface area contributed by atoms with Crippen molar-refractivity contribution >= 4 is 32.4 Å². The molecule has 2 fully saturated rings. The minimum Gasteiger partial charge on any atom is -0.377 e. The standard InChI is InChI=1S/C21H28N4O4S2/c26-20(24-21-23-17(15-30-21)14-25-9-2-1-3-10-25)16-6-4-8-19(12-16)31(27,28)22-13-18-7-5-11-29-18/h4,6,8,12,15,18,22H,1-3,5,7,9-11,13-14H2,(H,23,24,26). The van der Waals surface area contributed by atoms with Gasteiger partial charge in [0, 0.05) is 30.6 Å². The highest BCUT2D eigenvalue weighted by atomic mass is 32.2. The Hall–Kier alpha value is -1.85. The Bertz CT molecular complexity index is 996. The predicted octanol–water partition coefficient (Wildman–Crippen LogP) is 2.84. The molecule has 8 nitrogen and oxygen atoms in total. The van der Waals surface area contributed by atoms with Crippen LogP contribution >= 0.6 is 11.3 Å². The maximum Gasteiger partial charge on any atom is 0.257 e. The minimum absolute atomic E-state index is 0.0584. The Morgan fingerprint density at radius 2 is 2.06 bits per heavy atom. The Balaban J connectivity index is 1.36. The van der Waals surface area contributed by atoms with Gasteiger partial charge in [-0.3, -0.25) is 15.0 Å². The molecule has 4 rings (SSSR count). The summed E-state index contributed by atoms with van der Waals surface area (Å²) >= 11 is 1.38. The summed E-state index contributed by atoms with van der Waals surface area (Å²) in [4.78, 5) is 19.6. The van der Waals surface area contributed by atoms with Crippen molar-refractivity contribution in [1.82, 2.24) is 14.6 Å². The lowest BCUT2D eigenvalue weighted by molar-refractivity contribution is 0.102. The number of nitrogens with one attached hydrogen (secondary N) is 2. The Kier molecular flexibility index (Phi) is 7.34. The van der Waals surface area contributed by atoms with Crippen LogP contribution in [0.15, 0.2) is 34.5 Å². The fourth-order valence-electron chi connectivity index (χ4n) is 3.85. The van der Waals surface area contributed by atoms with Gasteiger partial charge in [0.05, 0.1) is 16.7 Å². The third-order valence-electron chi connectivity index (χ3n) is 5.54. The number of benzene rings is 1. The summed E-state index contributed by atoms with van der Waals surface area (Å²) in [7, 11) is -3.72. The number of thiazole rings is 1. The number of hydrogen-bond donors (Lipinski definition) is 2. The van der Waals surface area contributed by atoms with Crippen LogP contribution in [0.2, 0.25) is 0 Å². The van der Waals surface area contributed by atoms with Crippen molar-refractivity contribution in [3.8, 4) is 0 Å². The molecular formula is C21H28N4O4S2. The molecule has 1 atom stereocenters. The quantitative estimate of drug-likeness (QED) is 0.623. The molecule has 2 aliphatic rings. The first-order chi connectivity index (χ1) is 15.0. The van der Waals surface area contributed by atoms with Crippen molar-refractivity contribution in [2.45, 2.75) is 49.6 Å². The summed E-state index contributed by atoms with van der Waals surface area (Å²) in [5, 5.41) is 5.26. The zero-order valence-corrected chi connectivity index (χ0v) is 19.0.